The minimum Gasteiger partial charge on any atom is -0.507 e. The van der Waals surface area contributed by atoms with Gasteiger partial charge in [-0.2, -0.15) is 0 Å². The number of hydrogen-bond donors (Lipinski definition) is 1. The van der Waals surface area contributed by atoms with Crippen LogP contribution in [0, 0.1) is 0 Å². The van der Waals surface area contributed by atoms with Crippen molar-refractivity contribution in [3.63, 3.8) is 0 Å². The van der Waals surface area contributed by atoms with Gasteiger partial charge in [0.05, 0.1) is 13.2 Å². The molecule has 0 bridgehead atoms. The zero-order valence-corrected chi connectivity index (χ0v) is 18.1. The summed E-state index contributed by atoms with van der Waals surface area (Å²) in [6.07, 6.45) is 0. The summed E-state index contributed by atoms with van der Waals surface area (Å²) in [5.74, 6) is 1.81. The Kier molecular flexibility index (Phi) is 6.14. The number of benzene rings is 2. The maximum Gasteiger partial charge on any atom is 0.127 e. The van der Waals surface area contributed by atoms with E-state index >= 15 is 0 Å². The lowest BCUT2D eigenvalue weighted by Gasteiger charge is -2.29. The Bertz CT molecular complexity index is 792. The van der Waals surface area contributed by atoms with E-state index in [0.717, 1.165) is 28.0 Å². The van der Waals surface area contributed by atoms with Crippen LogP contribution in [0.3, 0.4) is 0 Å². The number of phenolic OH excluding ortho intramolecular Hbond substituents is 1. The molecule has 0 heterocycles. The maximum absolute atomic E-state index is 11.0. The van der Waals surface area contributed by atoms with E-state index in [9.17, 15) is 5.11 Å². The average molecular weight is 371 g/mol. The number of phenols is 1. The highest BCUT2D eigenvalue weighted by atomic mass is 16.5. The van der Waals surface area contributed by atoms with Crippen molar-refractivity contribution in [1.29, 1.82) is 0 Å². The molecule has 1 N–H and O–H groups in total. The second kappa shape index (κ2) is 7.84. The lowest BCUT2D eigenvalue weighted by Crippen LogP contribution is -2.17. The van der Waals surface area contributed by atoms with Crippen LogP contribution in [-0.4, -0.2) is 18.3 Å². The van der Waals surface area contributed by atoms with Crippen molar-refractivity contribution in [3.8, 4) is 28.4 Å². The Labute approximate surface area is 164 Å². The Morgan fingerprint density at radius 3 is 1.78 bits per heavy atom. The number of rotatable bonds is 5. The molecule has 0 saturated heterocycles. The van der Waals surface area contributed by atoms with Crippen LogP contribution in [-0.2, 0) is 10.8 Å². The molecule has 0 aliphatic heterocycles. The van der Waals surface area contributed by atoms with Gasteiger partial charge in [-0.3, -0.25) is 0 Å². The molecule has 0 amide bonds. The molecule has 0 atom stereocenters. The molecule has 0 aliphatic rings. The Balaban J connectivity index is 2.81. The lowest BCUT2D eigenvalue weighted by molar-refractivity contribution is 0.336. The summed E-state index contributed by atoms with van der Waals surface area (Å²) in [4.78, 5) is 0. The van der Waals surface area contributed by atoms with Crippen molar-refractivity contribution >= 4 is 0 Å². The standard InChI is InChI=1S/C24H34O3/c1-9-26-16-11-12-18(19(13-16)23(3,4)5)22-20(24(6,7)8)14-17(27-10-2)15-21(22)25/h11-15,25H,9-10H2,1-8H3. The smallest absolute Gasteiger partial charge is 0.127 e. The highest BCUT2D eigenvalue weighted by Crippen LogP contribution is 2.46. The predicted molar refractivity (Wildman–Crippen MR) is 113 cm³/mol. The number of aromatic hydroxyl groups is 1. The molecule has 0 spiro atoms. The van der Waals surface area contributed by atoms with E-state index in [4.69, 9.17) is 9.47 Å². The second-order valence-corrected chi connectivity index (χ2v) is 8.94. The zero-order chi connectivity index (χ0) is 20.4. The average Bonchev–Trinajstić information content (AvgIpc) is 2.53. The van der Waals surface area contributed by atoms with Gasteiger partial charge in [0.25, 0.3) is 0 Å². The Morgan fingerprint density at radius 1 is 0.741 bits per heavy atom. The molecule has 27 heavy (non-hydrogen) atoms. The largest absolute Gasteiger partial charge is 0.507 e. The van der Waals surface area contributed by atoms with Gasteiger partial charge in [-0.15, -0.1) is 0 Å². The van der Waals surface area contributed by atoms with Gasteiger partial charge >= 0.3 is 0 Å². The van der Waals surface area contributed by atoms with Gasteiger partial charge in [-0.05, 0) is 59.6 Å². The Morgan fingerprint density at radius 2 is 1.26 bits per heavy atom. The van der Waals surface area contributed by atoms with E-state index in [-0.39, 0.29) is 16.6 Å². The first-order chi connectivity index (χ1) is 12.5. The predicted octanol–water partition coefficient (Wildman–Crippen LogP) is 6.45. The molecular formula is C24H34O3. The fourth-order valence-electron chi connectivity index (χ4n) is 3.34. The van der Waals surface area contributed by atoms with Gasteiger partial charge < -0.3 is 14.6 Å². The molecule has 3 nitrogen and oxygen atoms in total. The quantitative estimate of drug-likeness (QED) is 0.657. The van der Waals surface area contributed by atoms with Gasteiger partial charge in [-0.1, -0.05) is 47.6 Å². The van der Waals surface area contributed by atoms with Crippen LogP contribution in [0.1, 0.15) is 66.5 Å². The zero-order valence-electron chi connectivity index (χ0n) is 18.1. The van der Waals surface area contributed by atoms with Crippen molar-refractivity contribution in [3.05, 3.63) is 41.5 Å². The third kappa shape index (κ3) is 4.77. The molecule has 2 aromatic rings. The molecule has 0 aliphatic carbocycles. The number of ether oxygens (including phenoxy) is 2. The fraction of sp³-hybridized carbons (Fsp3) is 0.500. The highest BCUT2D eigenvalue weighted by molar-refractivity contribution is 5.80. The molecular weight excluding hydrogens is 336 g/mol. The van der Waals surface area contributed by atoms with Gasteiger partial charge in [0.15, 0.2) is 0 Å². The SMILES string of the molecule is CCOc1ccc(-c2c(O)cc(OCC)cc2C(C)(C)C)c(C(C)(C)C)c1. The van der Waals surface area contributed by atoms with E-state index in [1.807, 2.05) is 19.9 Å². The molecule has 2 aromatic carbocycles. The first-order valence-electron chi connectivity index (χ1n) is 9.77. The summed E-state index contributed by atoms with van der Waals surface area (Å²) in [5, 5.41) is 11.0. The maximum atomic E-state index is 11.0. The van der Waals surface area contributed by atoms with Crippen LogP contribution >= 0.6 is 0 Å². The molecule has 0 unspecified atom stereocenters. The van der Waals surface area contributed by atoms with E-state index in [1.165, 1.54) is 0 Å². The van der Waals surface area contributed by atoms with Crippen molar-refractivity contribution in [2.45, 2.75) is 66.2 Å². The first-order valence-corrected chi connectivity index (χ1v) is 9.77. The van der Waals surface area contributed by atoms with Crippen LogP contribution in [0.2, 0.25) is 0 Å². The summed E-state index contributed by atoms with van der Waals surface area (Å²) in [7, 11) is 0. The highest BCUT2D eigenvalue weighted by Gasteiger charge is 2.27. The normalized spacial score (nSPS) is 12.1. The molecule has 148 valence electrons. The van der Waals surface area contributed by atoms with Gasteiger partial charge in [0.2, 0.25) is 0 Å². The molecule has 0 aromatic heterocycles. The van der Waals surface area contributed by atoms with Crippen LogP contribution < -0.4 is 9.47 Å². The van der Waals surface area contributed by atoms with Crippen LogP contribution in [0.15, 0.2) is 30.3 Å². The monoisotopic (exact) mass is 370 g/mol. The minimum atomic E-state index is -0.145. The van der Waals surface area contributed by atoms with Gasteiger partial charge in [-0.25, -0.2) is 0 Å². The van der Waals surface area contributed by atoms with Crippen molar-refractivity contribution in [1.82, 2.24) is 0 Å². The summed E-state index contributed by atoms with van der Waals surface area (Å²) >= 11 is 0. The molecule has 0 radical (unpaired) electrons. The minimum absolute atomic E-state index is 0.0946. The van der Waals surface area contributed by atoms with E-state index in [0.29, 0.717) is 19.0 Å². The van der Waals surface area contributed by atoms with Crippen molar-refractivity contribution in [2.75, 3.05) is 13.2 Å². The van der Waals surface area contributed by atoms with Gasteiger partial charge in [0, 0.05) is 11.6 Å². The molecule has 0 saturated carbocycles. The number of hydrogen-bond acceptors (Lipinski definition) is 3. The summed E-state index contributed by atoms with van der Waals surface area (Å²) in [6.45, 7) is 18.2. The topological polar surface area (TPSA) is 38.7 Å². The van der Waals surface area contributed by atoms with E-state index in [1.54, 1.807) is 6.07 Å². The molecule has 0 fully saturated rings. The third-order valence-electron chi connectivity index (χ3n) is 4.59. The fourth-order valence-corrected chi connectivity index (χ4v) is 3.34. The second-order valence-electron chi connectivity index (χ2n) is 8.94. The summed E-state index contributed by atoms with van der Waals surface area (Å²) in [6, 6.07) is 9.92. The van der Waals surface area contributed by atoms with Crippen molar-refractivity contribution in [2.24, 2.45) is 0 Å². The lowest BCUT2D eigenvalue weighted by atomic mass is 9.76. The first kappa shape index (κ1) is 21.1. The van der Waals surface area contributed by atoms with E-state index < -0.39 is 0 Å². The Hall–Kier alpha value is -2.16. The van der Waals surface area contributed by atoms with Crippen LogP contribution in [0.25, 0.3) is 11.1 Å². The summed E-state index contributed by atoms with van der Waals surface area (Å²) < 4.78 is 11.4. The van der Waals surface area contributed by atoms with Crippen molar-refractivity contribution < 1.29 is 14.6 Å². The third-order valence-corrected chi connectivity index (χ3v) is 4.59. The van der Waals surface area contributed by atoms with Crippen LogP contribution in [0.5, 0.6) is 17.2 Å². The summed E-state index contributed by atoms with van der Waals surface area (Å²) in [5.41, 5.74) is 3.89. The molecule has 3 heteroatoms. The molecule has 2 rings (SSSR count). The van der Waals surface area contributed by atoms with Gasteiger partial charge in [0.1, 0.15) is 17.2 Å². The van der Waals surface area contributed by atoms with E-state index in [2.05, 4.69) is 59.7 Å². The van der Waals surface area contributed by atoms with Crippen LogP contribution in [0.4, 0.5) is 0 Å².